The SMILES string of the molecule is CC(=O)O[C@H]1C(S)O[C@H](CO[Si](C)(C)C(C)(C)C)[C@@H]2OC(C)(C)O[C@@H]21. The zero-order valence-electron chi connectivity index (χ0n) is 16.5. The van der Waals surface area contributed by atoms with E-state index in [1.54, 1.807) is 0 Å². The Bertz CT molecular complexity index is 504. The van der Waals surface area contributed by atoms with E-state index in [0.717, 1.165) is 0 Å². The van der Waals surface area contributed by atoms with Crippen molar-refractivity contribution in [1.29, 1.82) is 0 Å². The van der Waals surface area contributed by atoms with Gasteiger partial charge in [0.2, 0.25) is 0 Å². The van der Waals surface area contributed by atoms with Gasteiger partial charge in [0.1, 0.15) is 23.7 Å². The van der Waals surface area contributed by atoms with Crippen LogP contribution in [0.4, 0.5) is 0 Å². The number of fused-ring (bicyclic) bond motifs is 1. The van der Waals surface area contributed by atoms with Gasteiger partial charge >= 0.3 is 5.97 Å². The Morgan fingerprint density at radius 3 is 2.28 bits per heavy atom. The third-order valence-corrected chi connectivity index (χ3v) is 10.1. The molecule has 146 valence electrons. The summed E-state index contributed by atoms with van der Waals surface area (Å²) in [5, 5.41) is 0.105. The van der Waals surface area contributed by atoms with Crippen molar-refractivity contribution < 1.29 is 28.2 Å². The molecule has 8 heteroatoms. The van der Waals surface area contributed by atoms with Crippen LogP contribution >= 0.6 is 12.6 Å². The minimum atomic E-state index is -1.92. The molecule has 0 radical (unpaired) electrons. The zero-order chi connectivity index (χ0) is 19.2. The summed E-state index contributed by atoms with van der Waals surface area (Å²) in [6.45, 7) is 16.4. The molecule has 2 rings (SSSR count). The second-order valence-electron chi connectivity index (χ2n) is 8.78. The van der Waals surface area contributed by atoms with Crippen LogP contribution in [-0.2, 0) is 28.2 Å². The maximum atomic E-state index is 11.4. The molecule has 0 aromatic carbocycles. The highest BCUT2D eigenvalue weighted by atomic mass is 32.1. The third-order valence-electron chi connectivity index (χ3n) is 5.17. The zero-order valence-corrected chi connectivity index (χ0v) is 18.4. The summed E-state index contributed by atoms with van der Waals surface area (Å²) < 4.78 is 29.7. The summed E-state index contributed by atoms with van der Waals surface area (Å²) in [4.78, 5) is 11.4. The van der Waals surface area contributed by atoms with Gasteiger partial charge < -0.3 is 23.4 Å². The van der Waals surface area contributed by atoms with Crippen molar-refractivity contribution in [1.82, 2.24) is 0 Å². The molecule has 25 heavy (non-hydrogen) atoms. The van der Waals surface area contributed by atoms with Gasteiger partial charge in [0.15, 0.2) is 20.2 Å². The Morgan fingerprint density at radius 1 is 1.20 bits per heavy atom. The third kappa shape index (κ3) is 4.78. The lowest BCUT2D eigenvalue weighted by molar-refractivity contribution is -0.190. The van der Waals surface area contributed by atoms with Crippen molar-refractivity contribution in [3.05, 3.63) is 0 Å². The quantitative estimate of drug-likeness (QED) is 0.451. The Kier molecular flexibility index (Phi) is 6.04. The Hall–Kier alpha value is -0.123. The standard InChI is InChI=1S/C17H32O6SSi/c1-10(18)20-14-13-12(22-17(5,6)23-13)11(21-15(14)24)9-19-25(7,8)16(2,3)4/h11-15,24H,9H2,1-8H3/t11-,12+,13+,14-,15?/m1/s1. The monoisotopic (exact) mass is 392 g/mol. The van der Waals surface area contributed by atoms with Crippen LogP contribution < -0.4 is 0 Å². The molecule has 2 heterocycles. The molecule has 0 saturated carbocycles. The van der Waals surface area contributed by atoms with E-state index < -0.39 is 37.7 Å². The summed E-state index contributed by atoms with van der Waals surface area (Å²) in [5.74, 6) is -1.17. The van der Waals surface area contributed by atoms with Crippen molar-refractivity contribution in [2.45, 2.75) is 95.3 Å². The summed E-state index contributed by atoms with van der Waals surface area (Å²) in [5.41, 5.74) is -0.587. The molecule has 0 amide bonds. The number of esters is 1. The van der Waals surface area contributed by atoms with Crippen molar-refractivity contribution in [3.8, 4) is 0 Å². The molecule has 2 fully saturated rings. The van der Waals surface area contributed by atoms with E-state index in [4.69, 9.17) is 23.4 Å². The molecule has 0 aromatic rings. The van der Waals surface area contributed by atoms with E-state index in [0.29, 0.717) is 6.61 Å². The van der Waals surface area contributed by atoms with Crippen LogP contribution in [-0.4, -0.2) is 56.5 Å². The highest BCUT2D eigenvalue weighted by molar-refractivity contribution is 7.80. The van der Waals surface area contributed by atoms with Crippen molar-refractivity contribution >= 4 is 26.9 Å². The number of carbonyl (C=O) groups is 1. The van der Waals surface area contributed by atoms with Crippen LogP contribution in [0.5, 0.6) is 0 Å². The molecule has 0 aliphatic carbocycles. The van der Waals surface area contributed by atoms with Gasteiger partial charge in [0.25, 0.3) is 0 Å². The maximum absolute atomic E-state index is 11.4. The fourth-order valence-corrected chi connectivity index (χ4v) is 4.21. The van der Waals surface area contributed by atoms with Gasteiger partial charge in [0, 0.05) is 6.92 Å². The molecule has 0 aromatic heterocycles. The molecule has 0 spiro atoms. The second kappa shape index (κ2) is 7.13. The molecule has 2 saturated heterocycles. The first-order chi connectivity index (χ1) is 11.2. The molecule has 5 atom stereocenters. The number of hydrogen-bond donors (Lipinski definition) is 1. The van der Waals surface area contributed by atoms with E-state index in [9.17, 15) is 4.79 Å². The molecule has 0 N–H and O–H groups in total. The van der Waals surface area contributed by atoms with Gasteiger partial charge in [-0.15, -0.1) is 12.6 Å². The molecule has 2 aliphatic heterocycles. The van der Waals surface area contributed by atoms with E-state index in [-0.39, 0.29) is 17.2 Å². The summed E-state index contributed by atoms with van der Waals surface area (Å²) in [6.07, 6.45) is -1.73. The normalized spacial score (nSPS) is 35.3. The summed E-state index contributed by atoms with van der Waals surface area (Å²) >= 11 is 4.47. The van der Waals surface area contributed by atoms with Gasteiger partial charge in [-0.25, -0.2) is 0 Å². The second-order valence-corrected chi connectivity index (χ2v) is 14.1. The van der Waals surface area contributed by atoms with Gasteiger partial charge in [-0.3, -0.25) is 4.79 Å². The highest BCUT2D eigenvalue weighted by Crippen LogP contribution is 2.41. The maximum Gasteiger partial charge on any atom is 0.303 e. The molecule has 1 unspecified atom stereocenters. The highest BCUT2D eigenvalue weighted by Gasteiger charge is 2.56. The fourth-order valence-electron chi connectivity index (χ4n) is 2.81. The molecule has 6 nitrogen and oxygen atoms in total. The van der Waals surface area contributed by atoms with Crippen LogP contribution in [0.25, 0.3) is 0 Å². The molecular weight excluding hydrogens is 360 g/mol. The topological polar surface area (TPSA) is 63.2 Å². The minimum absolute atomic E-state index is 0.105. The number of ether oxygens (including phenoxy) is 4. The van der Waals surface area contributed by atoms with Gasteiger partial charge in [-0.2, -0.15) is 0 Å². The van der Waals surface area contributed by atoms with Gasteiger partial charge in [-0.1, -0.05) is 20.8 Å². The largest absolute Gasteiger partial charge is 0.456 e. The number of hydrogen-bond acceptors (Lipinski definition) is 7. The van der Waals surface area contributed by atoms with Crippen LogP contribution in [0, 0.1) is 0 Å². The lowest BCUT2D eigenvalue weighted by Gasteiger charge is -2.42. The lowest BCUT2D eigenvalue weighted by Crippen LogP contribution is -2.58. The average Bonchev–Trinajstić information content (AvgIpc) is 2.74. The summed E-state index contributed by atoms with van der Waals surface area (Å²) in [6, 6.07) is 0. The average molecular weight is 393 g/mol. The Morgan fingerprint density at radius 2 is 1.76 bits per heavy atom. The van der Waals surface area contributed by atoms with E-state index in [2.05, 4.69) is 46.5 Å². The Balaban J connectivity index is 2.14. The number of rotatable bonds is 4. The summed E-state index contributed by atoms with van der Waals surface area (Å²) in [7, 11) is -1.92. The first-order valence-corrected chi connectivity index (χ1v) is 12.2. The predicted octanol–water partition coefficient (Wildman–Crippen LogP) is 3.11. The Labute approximate surface area is 157 Å². The smallest absolute Gasteiger partial charge is 0.303 e. The van der Waals surface area contributed by atoms with Gasteiger partial charge in [0.05, 0.1) is 6.61 Å². The van der Waals surface area contributed by atoms with Gasteiger partial charge in [-0.05, 0) is 32.0 Å². The predicted molar refractivity (Wildman–Crippen MR) is 100 cm³/mol. The van der Waals surface area contributed by atoms with E-state index in [1.165, 1.54) is 6.92 Å². The van der Waals surface area contributed by atoms with E-state index >= 15 is 0 Å². The lowest BCUT2D eigenvalue weighted by atomic mass is 10.0. The van der Waals surface area contributed by atoms with Crippen molar-refractivity contribution in [3.63, 3.8) is 0 Å². The number of thiol groups is 1. The first kappa shape index (κ1) is 21.2. The van der Waals surface area contributed by atoms with Crippen LogP contribution in [0.2, 0.25) is 18.1 Å². The molecular formula is C17H32O6SSi. The first-order valence-electron chi connectivity index (χ1n) is 8.74. The number of carbonyl (C=O) groups excluding carboxylic acids is 1. The fraction of sp³-hybridized carbons (Fsp3) is 0.941. The van der Waals surface area contributed by atoms with Crippen LogP contribution in [0.1, 0.15) is 41.5 Å². The van der Waals surface area contributed by atoms with E-state index in [1.807, 2.05) is 13.8 Å². The minimum Gasteiger partial charge on any atom is -0.456 e. The van der Waals surface area contributed by atoms with Crippen molar-refractivity contribution in [2.24, 2.45) is 0 Å². The van der Waals surface area contributed by atoms with Crippen molar-refractivity contribution in [2.75, 3.05) is 6.61 Å². The molecule has 0 bridgehead atoms. The molecule has 2 aliphatic rings. The van der Waals surface area contributed by atoms with Crippen LogP contribution in [0.3, 0.4) is 0 Å². The van der Waals surface area contributed by atoms with Crippen LogP contribution in [0.15, 0.2) is 0 Å².